The van der Waals surface area contributed by atoms with E-state index in [0.717, 1.165) is 5.56 Å². The van der Waals surface area contributed by atoms with E-state index in [4.69, 9.17) is 2.74 Å². The van der Waals surface area contributed by atoms with E-state index < -0.39 is 0 Å². The maximum Gasteiger partial charge on any atom is 1.00 e. The maximum absolute atomic E-state index is 6.90. The third-order valence-electron chi connectivity index (χ3n) is 1.05. The number of benzene rings is 1. The summed E-state index contributed by atoms with van der Waals surface area (Å²) in [6.07, 6.45) is 0.445. The SMILES string of the molecule is [2H][C-]([2H])Cc1ccccc1.[Li+]. The summed E-state index contributed by atoms with van der Waals surface area (Å²) >= 11 is 0. The van der Waals surface area contributed by atoms with Crippen molar-refractivity contribution in [3.63, 3.8) is 0 Å². The molecule has 1 heteroatoms. The molecule has 0 heterocycles. The van der Waals surface area contributed by atoms with Gasteiger partial charge in [0.2, 0.25) is 0 Å². The second-order valence-electron chi connectivity index (χ2n) is 1.66. The molecule has 0 bridgehead atoms. The summed E-state index contributed by atoms with van der Waals surface area (Å²) in [5, 5.41) is 0. The standard InChI is InChI=1S/C8H9.Li/c1-2-8-6-4-3-5-7-8;/h3-7H,1-2H2;/q-1;+1/i1D2;. The van der Waals surface area contributed by atoms with E-state index in [0.29, 0.717) is 6.42 Å². The third-order valence-corrected chi connectivity index (χ3v) is 1.05. The zero-order valence-corrected chi connectivity index (χ0v) is 5.59. The summed E-state index contributed by atoms with van der Waals surface area (Å²) in [5.41, 5.74) is 1.03. The zero-order chi connectivity index (χ0) is 7.40. The molecule has 1 aromatic carbocycles. The molecule has 9 heavy (non-hydrogen) atoms. The average Bonchev–Trinajstić information content (AvgIpc) is 1.88. The molecule has 1 aromatic rings. The predicted octanol–water partition coefficient (Wildman–Crippen LogP) is -0.933. The topological polar surface area (TPSA) is 0 Å². The Morgan fingerprint density at radius 1 is 1.33 bits per heavy atom. The second-order valence-corrected chi connectivity index (χ2v) is 1.66. The fourth-order valence-corrected chi connectivity index (χ4v) is 0.596. The van der Waals surface area contributed by atoms with Crippen molar-refractivity contribution in [1.29, 1.82) is 0 Å². The fourth-order valence-electron chi connectivity index (χ4n) is 0.596. The van der Waals surface area contributed by atoms with Crippen LogP contribution in [0.5, 0.6) is 0 Å². The quantitative estimate of drug-likeness (QED) is 0.344. The van der Waals surface area contributed by atoms with Gasteiger partial charge in [-0.05, 0) is 0 Å². The molecule has 0 unspecified atom stereocenters. The van der Waals surface area contributed by atoms with E-state index in [2.05, 4.69) is 0 Å². The first-order valence-electron chi connectivity index (χ1n) is 3.62. The normalized spacial score (nSPS) is 11.7. The van der Waals surface area contributed by atoms with E-state index >= 15 is 0 Å². The van der Waals surface area contributed by atoms with Crippen molar-refractivity contribution in [3.8, 4) is 0 Å². The molecule has 0 saturated heterocycles. The summed E-state index contributed by atoms with van der Waals surface area (Å²) in [6, 6.07) is 9.60. The van der Waals surface area contributed by atoms with Gasteiger partial charge in [-0.1, -0.05) is 35.9 Å². The van der Waals surface area contributed by atoms with Crippen molar-refractivity contribution in [2.45, 2.75) is 6.42 Å². The van der Waals surface area contributed by atoms with Crippen molar-refractivity contribution in [2.75, 3.05) is 0 Å². The van der Waals surface area contributed by atoms with Crippen LogP contribution in [-0.2, 0) is 6.42 Å². The van der Waals surface area contributed by atoms with Crippen LogP contribution in [0.15, 0.2) is 30.3 Å². The monoisotopic (exact) mass is 114 g/mol. The molecule has 1 rings (SSSR count). The van der Waals surface area contributed by atoms with Gasteiger partial charge in [0, 0.05) is 0 Å². The summed E-state index contributed by atoms with van der Waals surface area (Å²) in [7, 11) is 0. The van der Waals surface area contributed by atoms with E-state index in [1.807, 2.05) is 30.3 Å². The Labute approximate surface area is 71.3 Å². The van der Waals surface area contributed by atoms with Crippen LogP contribution < -0.4 is 18.9 Å². The Bertz CT molecular complexity index is 187. The minimum absolute atomic E-state index is 0. The first kappa shape index (κ1) is 5.59. The van der Waals surface area contributed by atoms with Gasteiger partial charge in [-0.3, -0.25) is 0 Å². The minimum atomic E-state index is -0.0359. The Hall–Kier alpha value is -0.183. The Morgan fingerprint density at radius 2 is 2.00 bits per heavy atom. The Balaban J connectivity index is 0.000001000. The molecule has 0 aromatic heterocycles. The van der Waals surface area contributed by atoms with E-state index in [1.54, 1.807) is 0 Å². The van der Waals surface area contributed by atoms with Crippen molar-refractivity contribution in [1.82, 2.24) is 0 Å². The van der Waals surface area contributed by atoms with E-state index in [9.17, 15) is 0 Å². The molecule has 0 radical (unpaired) electrons. The molecule has 0 N–H and O–H groups in total. The Kier molecular flexibility index (Phi) is 2.90. The first-order chi connectivity index (χ1) is 4.79. The number of rotatable bonds is 2. The zero-order valence-electron chi connectivity index (χ0n) is 7.59. The summed E-state index contributed by atoms with van der Waals surface area (Å²) in [6.45, 7) is -0.0359. The van der Waals surface area contributed by atoms with Crippen molar-refractivity contribution < 1.29 is 21.6 Å². The van der Waals surface area contributed by atoms with Crippen LogP contribution in [0.4, 0.5) is 0 Å². The van der Waals surface area contributed by atoms with Crippen molar-refractivity contribution >= 4 is 0 Å². The van der Waals surface area contributed by atoms with Gasteiger partial charge in [0.25, 0.3) is 0 Å². The summed E-state index contributed by atoms with van der Waals surface area (Å²) < 4.78 is 13.8. The van der Waals surface area contributed by atoms with Gasteiger partial charge in [0.1, 0.15) is 0 Å². The number of hydrogen-bond acceptors (Lipinski definition) is 0. The average molecular weight is 114 g/mol. The largest absolute Gasteiger partial charge is 1.00 e. The minimum Gasteiger partial charge on any atom is -0.339 e. The van der Waals surface area contributed by atoms with Crippen LogP contribution in [0.3, 0.4) is 0 Å². The third kappa shape index (κ3) is 2.74. The molecule has 0 atom stereocenters. The molecule has 42 valence electrons. The van der Waals surface area contributed by atoms with Crippen LogP contribution in [0.1, 0.15) is 8.30 Å². The molecule has 0 saturated carbocycles. The molecule has 0 aliphatic heterocycles. The van der Waals surface area contributed by atoms with Crippen LogP contribution in [0, 0.1) is 6.88 Å². The molecule has 0 nitrogen and oxygen atoms in total. The van der Waals surface area contributed by atoms with Gasteiger partial charge in [0.15, 0.2) is 0 Å². The van der Waals surface area contributed by atoms with Crippen molar-refractivity contribution in [2.24, 2.45) is 0 Å². The van der Waals surface area contributed by atoms with Crippen molar-refractivity contribution in [3.05, 3.63) is 42.8 Å². The fraction of sp³-hybridized carbons (Fsp3) is 0.125. The maximum atomic E-state index is 6.90. The number of hydrogen-bond donors (Lipinski definition) is 0. The number of aryl methyl sites for hydroxylation is 1. The van der Waals surface area contributed by atoms with Crippen LogP contribution in [0.25, 0.3) is 0 Å². The van der Waals surface area contributed by atoms with Crippen LogP contribution in [-0.4, -0.2) is 0 Å². The Morgan fingerprint density at radius 3 is 2.56 bits per heavy atom. The summed E-state index contributed by atoms with van der Waals surface area (Å²) in [4.78, 5) is 0. The predicted molar refractivity (Wildman–Crippen MR) is 35.5 cm³/mol. The van der Waals surface area contributed by atoms with Crippen LogP contribution in [0.2, 0.25) is 0 Å². The molecule has 0 aliphatic rings. The second kappa shape index (κ2) is 4.67. The molecular weight excluding hydrogens is 103 g/mol. The van der Waals surface area contributed by atoms with E-state index in [1.165, 1.54) is 0 Å². The molecule has 0 fully saturated rings. The molecule has 0 spiro atoms. The van der Waals surface area contributed by atoms with Gasteiger partial charge in [0.05, 0.1) is 0 Å². The van der Waals surface area contributed by atoms with Crippen LogP contribution >= 0.6 is 0 Å². The van der Waals surface area contributed by atoms with Gasteiger partial charge >= 0.3 is 18.9 Å². The molecule has 0 amide bonds. The first-order valence-corrected chi connectivity index (χ1v) is 2.62. The van der Waals surface area contributed by atoms with E-state index in [-0.39, 0.29) is 25.7 Å². The molecular formula is C8H9Li. The van der Waals surface area contributed by atoms with Gasteiger partial charge < -0.3 is 6.88 Å². The van der Waals surface area contributed by atoms with Gasteiger partial charge in [-0.15, -0.1) is 0 Å². The van der Waals surface area contributed by atoms with Gasteiger partial charge in [-0.2, -0.15) is 6.42 Å². The van der Waals surface area contributed by atoms with Gasteiger partial charge in [-0.25, -0.2) is 2.74 Å². The summed E-state index contributed by atoms with van der Waals surface area (Å²) in [5.74, 6) is 0. The smallest absolute Gasteiger partial charge is 0.339 e. The molecule has 0 aliphatic carbocycles.